The van der Waals surface area contributed by atoms with Crippen molar-refractivity contribution in [2.75, 3.05) is 0 Å². The predicted octanol–water partition coefficient (Wildman–Crippen LogP) is 3.06. The molecule has 0 spiro atoms. The highest BCUT2D eigenvalue weighted by Gasteiger charge is 2.30. The first-order chi connectivity index (χ1) is 7.55. The topological polar surface area (TPSA) is 24.9 Å². The van der Waals surface area contributed by atoms with Gasteiger partial charge in [0.2, 0.25) is 0 Å². The highest BCUT2D eigenvalue weighted by Crippen LogP contribution is 2.36. The molecule has 1 heterocycles. The summed E-state index contributed by atoms with van der Waals surface area (Å²) in [6, 6.07) is 4.92. The number of rotatable bonds is 3. The van der Waals surface area contributed by atoms with E-state index in [1.54, 1.807) is 0 Å². The molecular formula is C14H22N2. The molecule has 1 saturated carbocycles. The molecule has 0 aliphatic heterocycles. The molecule has 2 rings (SSSR count). The minimum atomic E-state index is 0.526. The summed E-state index contributed by atoms with van der Waals surface area (Å²) in [5.41, 5.74) is 2.90. The average molecular weight is 218 g/mol. The van der Waals surface area contributed by atoms with Gasteiger partial charge in [0.15, 0.2) is 0 Å². The van der Waals surface area contributed by atoms with E-state index in [1.165, 1.54) is 24.8 Å². The molecule has 1 fully saturated rings. The lowest BCUT2D eigenvalue weighted by atomic mass is 9.92. The number of nitrogens with one attached hydrogen (secondary N) is 1. The van der Waals surface area contributed by atoms with Crippen LogP contribution in [0.2, 0.25) is 0 Å². The monoisotopic (exact) mass is 218 g/mol. The second-order valence-corrected chi connectivity index (χ2v) is 5.81. The van der Waals surface area contributed by atoms with Crippen molar-refractivity contribution < 1.29 is 0 Å². The fourth-order valence-corrected chi connectivity index (χ4v) is 2.46. The summed E-state index contributed by atoms with van der Waals surface area (Å²) in [6.45, 7) is 7.70. The van der Waals surface area contributed by atoms with Crippen LogP contribution in [0.3, 0.4) is 0 Å². The highest BCUT2D eigenvalue weighted by atomic mass is 14.9. The average Bonchev–Trinajstić information content (AvgIpc) is 2.58. The van der Waals surface area contributed by atoms with Crippen molar-refractivity contribution in [3.05, 3.63) is 29.6 Å². The Kier molecular flexibility index (Phi) is 3.29. The van der Waals surface area contributed by atoms with Gasteiger partial charge >= 0.3 is 0 Å². The van der Waals surface area contributed by atoms with Gasteiger partial charge in [0.05, 0.1) is 5.69 Å². The van der Waals surface area contributed by atoms with Gasteiger partial charge in [-0.05, 0) is 43.2 Å². The summed E-state index contributed by atoms with van der Waals surface area (Å²) in [5.74, 6) is 0. The molecule has 0 aromatic carbocycles. The molecule has 16 heavy (non-hydrogen) atoms. The first-order valence-electron chi connectivity index (χ1n) is 6.20. The van der Waals surface area contributed by atoms with Crippen LogP contribution in [0.15, 0.2) is 18.3 Å². The minimum absolute atomic E-state index is 0.526. The Morgan fingerprint density at radius 2 is 2.25 bits per heavy atom. The maximum atomic E-state index is 4.41. The maximum absolute atomic E-state index is 4.41. The molecular weight excluding hydrogens is 196 g/mol. The zero-order chi connectivity index (χ0) is 11.6. The first kappa shape index (κ1) is 11.6. The van der Waals surface area contributed by atoms with Gasteiger partial charge in [-0.1, -0.05) is 19.9 Å². The van der Waals surface area contributed by atoms with Gasteiger partial charge in [0.1, 0.15) is 0 Å². The van der Waals surface area contributed by atoms with Gasteiger partial charge in [0, 0.05) is 18.8 Å². The number of hydrogen-bond donors (Lipinski definition) is 1. The molecule has 0 amide bonds. The van der Waals surface area contributed by atoms with Crippen LogP contribution in [-0.2, 0) is 6.54 Å². The predicted molar refractivity (Wildman–Crippen MR) is 67.2 cm³/mol. The molecule has 0 saturated heterocycles. The SMILES string of the molecule is Cc1ccc(CNC2CCC(C)(C)C2)nc1. The van der Waals surface area contributed by atoms with Crippen molar-refractivity contribution in [3.8, 4) is 0 Å². The Morgan fingerprint density at radius 1 is 1.44 bits per heavy atom. The summed E-state index contributed by atoms with van der Waals surface area (Å²) >= 11 is 0. The van der Waals surface area contributed by atoms with Gasteiger partial charge in [-0.3, -0.25) is 4.98 Å². The summed E-state index contributed by atoms with van der Waals surface area (Å²) in [7, 11) is 0. The van der Waals surface area contributed by atoms with Crippen LogP contribution in [-0.4, -0.2) is 11.0 Å². The Morgan fingerprint density at radius 3 is 2.81 bits per heavy atom. The van der Waals surface area contributed by atoms with Gasteiger partial charge in [-0.25, -0.2) is 0 Å². The van der Waals surface area contributed by atoms with E-state index in [0.717, 1.165) is 12.2 Å². The summed E-state index contributed by atoms with van der Waals surface area (Å²) in [5, 5.41) is 3.61. The molecule has 1 N–H and O–H groups in total. The quantitative estimate of drug-likeness (QED) is 0.843. The van der Waals surface area contributed by atoms with Crippen LogP contribution in [0.4, 0.5) is 0 Å². The van der Waals surface area contributed by atoms with Crippen molar-refractivity contribution in [1.82, 2.24) is 10.3 Å². The second-order valence-electron chi connectivity index (χ2n) is 5.81. The van der Waals surface area contributed by atoms with E-state index < -0.39 is 0 Å². The van der Waals surface area contributed by atoms with Crippen molar-refractivity contribution in [2.45, 2.75) is 52.6 Å². The van der Waals surface area contributed by atoms with Crippen LogP contribution < -0.4 is 5.32 Å². The third-order valence-corrected chi connectivity index (χ3v) is 3.51. The lowest BCUT2D eigenvalue weighted by molar-refractivity contribution is 0.364. The van der Waals surface area contributed by atoms with Crippen molar-refractivity contribution in [2.24, 2.45) is 5.41 Å². The van der Waals surface area contributed by atoms with Crippen molar-refractivity contribution in [3.63, 3.8) is 0 Å². The van der Waals surface area contributed by atoms with Gasteiger partial charge < -0.3 is 5.32 Å². The third-order valence-electron chi connectivity index (χ3n) is 3.51. The van der Waals surface area contributed by atoms with E-state index in [1.807, 2.05) is 6.20 Å². The van der Waals surface area contributed by atoms with E-state index in [9.17, 15) is 0 Å². The number of aryl methyl sites for hydroxylation is 1. The number of pyridine rings is 1. The van der Waals surface area contributed by atoms with Crippen LogP contribution in [0, 0.1) is 12.3 Å². The number of hydrogen-bond acceptors (Lipinski definition) is 2. The fourth-order valence-electron chi connectivity index (χ4n) is 2.46. The molecule has 1 atom stereocenters. The lowest BCUT2D eigenvalue weighted by Crippen LogP contribution is -2.27. The van der Waals surface area contributed by atoms with E-state index in [0.29, 0.717) is 11.5 Å². The fraction of sp³-hybridized carbons (Fsp3) is 0.643. The zero-order valence-corrected chi connectivity index (χ0v) is 10.6. The largest absolute Gasteiger partial charge is 0.308 e. The van der Waals surface area contributed by atoms with E-state index in [4.69, 9.17) is 0 Å². The molecule has 0 radical (unpaired) electrons. The molecule has 88 valence electrons. The smallest absolute Gasteiger partial charge is 0.0541 e. The minimum Gasteiger partial charge on any atom is -0.308 e. The molecule has 1 aromatic rings. The molecule has 2 heteroatoms. The zero-order valence-electron chi connectivity index (χ0n) is 10.6. The summed E-state index contributed by atoms with van der Waals surface area (Å²) < 4.78 is 0. The van der Waals surface area contributed by atoms with Gasteiger partial charge in [-0.2, -0.15) is 0 Å². The van der Waals surface area contributed by atoms with Gasteiger partial charge in [-0.15, -0.1) is 0 Å². The highest BCUT2D eigenvalue weighted by molar-refractivity contribution is 5.12. The summed E-state index contributed by atoms with van der Waals surface area (Å²) in [6.07, 6.45) is 5.87. The molecule has 0 bridgehead atoms. The molecule has 1 aromatic heterocycles. The van der Waals surface area contributed by atoms with Crippen LogP contribution >= 0.6 is 0 Å². The van der Waals surface area contributed by atoms with Crippen LogP contribution in [0.5, 0.6) is 0 Å². The molecule has 1 aliphatic carbocycles. The lowest BCUT2D eigenvalue weighted by Gasteiger charge is -2.17. The molecule has 2 nitrogen and oxygen atoms in total. The van der Waals surface area contributed by atoms with Crippen LogP contribution in [0.25, 0.3) is 0 Å². The Hall–Kier alpha value is -0.890. The first-order valence-corrected chi connectivity index (χ1v) is 6.20. The van der Waals surface area contributed by atoms with E-state index in [-0.39, 0.29) is 0 Å². The normalized spacial score (nSPS) is 23.6. The number of nitrogens with zero attached hydrogens (tertiary/aromatic N) is 1. The van der Waals surface area contributed by atoms with E-state index >= 15 is 0 Å². The molecule has 1 unspecified atom stereocenters. The van der Waals surface area contributed by atoms with Crippen LogP contribution in [0.1, 0.15) is 44.4 Å². The third kappa shape index (κ3) is 3.05. The number of aromatic nitrogens is 1. The Labute approximate surface area is 98.5 Å². The Bertz CT molecular complexity index is 340. The molecule has 1 aliphatic rings. The summed E-state index contributed by atoms with van der Waals surface area (Å²) in [4.78, 5) is 4.41. The standard InChI is InChI=1S/C14H22N2/c1-11-4-5-13(15-9-11)10-16-12-6-7-14(2,3)8-12/h4-5,9,12,16H,6-8,10H2,1-3H3. The maximum Gasteiger partial charge on any atom is 0.0541 e. The van der Waals surface area contributed by atoms with Gasteiger partial charge in [0.25, 0.3) is 0 Å². The Balaban J connectivity index is 1.82. The van der Waals surface area contributed by atoms with Crippen molar-refractivity contribution in [1.29, 1.82) is 0 Å². The second kappa shape index (κ2) is 4.54. The van der Waals surface area contributed by atoms with Crippen molar-refractivity contribution >= 4 is 0 Å². The van der Waals surface area contributed by atoms with E-state index in [2.05, 4.69) is 43.2 Å².